The van der Waals surface area contributed by atoms with Crippen LogP contribution in [0.4, 0.5) is 4.39 Å². The van der Waals surface area contributed by atoms with Crippen LogP contribution in [0.15, 0.2) is 24.3 Å². The van der Waals surface area contributed by atoms with E-state index in [1.54, 1.807) is 12.1 Å². The molecule has 1 rings (SSSR count). The van der Waals surface area contributed by atoms with Crippen LogP contribution in [0.25, 0.3) is 0 Å². The maximum Gasteiger partial charge on any atom is 0.126 e. The Labute approximate surface area is 90.4 Å². The third kappa shape index (κ3) is 4.79. The first kappa shape index (κ1) is 12.0. The fraction of sp³-hybridized carbons (Fsp3) is 0.500. The van der Waals surface area contributed by atoms with Gasteiger partial charge in [-0.15, -0.1) is 0 Å². The molecule has 1 unspecified atom stereocenters. The number of benzene rings is 1. The molecule has 1 aromatic carbocycles. The molecule has 0 heterocycles. The van der Waals surface area contributed by atoms with Crippen LogP contribution in [-0.2, 0) is 0 Å². The molecule has 84 valence electrons. The lowest BCUT2D eigenvalue weighted by atomic mass is 10.2. The molecule has 0 aliphatic rings. The molecule has 1 atom stereocenters. The third-order valence-corrected chi connectivity index (χ3v) is 2.17. The Balaban J connectivity index is 2.25. The molecule has 2 nitrogen and oxygen atoms in total. The van der Waals surface area contributed by atoms with Gasteiger partial charge < -0.3 is 10.1 Å². The highest BCUT2D eigenvalue weighted by atomic mass is 19.1. The summed E-state index contributed by atoms with van der Waals surface area (Å²) in [7, 11) is 0. The van der Waals surface area contributed by atoms with Gasteiger partial charge in [0.05, 0.1) is 6.61 Å². The summed E-state index contributed by atoms with van der Waals surface area (Å²) in [6.45, 7) is 5.75. The molecule has 0 aromatic heterocycles. The van der Waals surface area contributed by atoms with E-state index in [9.17, 15) is 4.39 Å². The van der Waals surface area contributed by atoms with Crippen molar-refractivity contribution >= 4 is 0 Å². The fourth-order valence-electron chi connectivity index (χ4n) is 1.36. The average Bonchev–Trinajstić information content (AvgIpc) is 2.18. The number of halogens is 1. The molecule has 0 spiro atoms. The van der Waals surface area contributed by atoms with E-state index in [2.05, 4.69) is 19.2 Å². The second-order valence-electron chi connectivity index (χ2n) is 3.55. The minimum Gasteiger partial charge on any atom is -0.493 e. The lowest BCUT2D eigenvalue weighted by Gasteiger charge is -2.12. The van der Waals surface area contributed by atoms with Gasteiger partial charge in [-0.2, -0.15) is 0 Å². The van der Waals surface area contributed by atoms with Crippen molar-refractivity contribution < 1.29 is 9.13 Å². The van der Waals surface area contributed by atoms with Gasteiger partial charge in [-0.3, -0.25) is 0 Å². The van der Waals surface area contributed by atoms with Crippen LogP contribution in [0.1, 0.15) is 20.3 Å². The van der Waals surface area contributed by atoms with Crippen LogP contribution in [-0.4, -0.2) is 19.2 Å². The zero-order chi connectivity index (χ0) is 11.1. The van der Waals surface area contributed by atoms with Crippen molar-refractivity contribution in [3.8, 4) is 5.75 Å². The Hall–Kier alpha value is -1.09. The molecule has 0 bridgehead atoms. The Morgan fingerprint density at radius 2 is 2.27 bits per heavy atom. The first-order valence-corrected chi connectivity index (χ1v) is 5.34. The van der Waals surface area contributed by atoms with Crippen molar-refractivity contribution in [3.05, 3.63) is 30.1 Å². The van der Waals surface area contributed by atoms with E-state index in [-0.39, 0.29) is 5.82 Å². The second kappa shape index (κ2) is 6.40. The fourth-order valence-corrected chi connectivity index (χ4v) is 1.36. The minimum atomic E-state index is -0.257. The minimum absolute atomic E-state index is 0.257. The first-order valence-electron chi connectivity index (χ1n) is 5.34. The second-order valence-corrected chi connectivity index (χ2v) is 3.55. The summed E-state index contributed by atoms with van der Waals surface area (Å²) in [6.07, 6.45) is 0.921. The zero-order valence-electron chi connectivity index (χ0n) is 9.29. The van der Waals surface area contributed by atoms with Crippen molar-refractivity contribution in [1.29, 1.82) is 0 Å². The highest BCUT2D eigenvalue weighted by Gasteiger charge is 2.00. The van der Waals surface area contributed by atoms with Crippen molar-refractivity contribution in [2.24, 2.45) is 0 Å². The largest absolute Gasteiger partial charge is 0.493 e. The van der Waals surface area contributed by atoms with Gasteiger partial charge in [0.25, 0.3) is 0 Å². The summed E-state index contributed by atoms with van der Waals surface area (Å²) < 4.78 is 18.2. The summed E-state index contributed by atoms with van der Waals surface area (Å²) in [5.41, 5.74) is 0. The van der Waals surface area contributed by atoms with Gasteiger partial charge in [0, 0.05) is 12.1 Å². The summed E-state index contributed by atoms with van der Waals surface area (Å²) in [5.74, 6) is 0.339. The lowest BCUT2D eigenvalue weighted by Crippen LogP contribution is -2.27. The molecule has 0 amide bonds. The van der Waals surface area contributed by atoms with Gasteiger partial charge in [0.2, 0.25) is 0 Å². The molecule has 0 radical (unpaired) electrons. The van der Waals surface area contributed by atoms with Crippen LogP contribution < -0.4 is 10.1 Å². The number of ether oxygens (including phenoxy) is 1. The molecular weight excluding hydrogens is 193 g/mol. The van der Waals surface area contributed by atoms with Crippen molar-refractivity contribution in [2.45, 2.75) is 26.3 Å². The SMILES string of the molecule is CCNC(C)CCOc1cccc(F)c1. The average molecular weight is 211 g/mol. The molecule has 1 aromatic rings. The lowest BCUT2D eigenvalue weighted by molar-refractivity contribution is 0.290. The number of rotatable bonds is 6. The van der Waals surface area contributed by atoms with Crippen LogP contribution in [0.3, 0.4) is 0 Å². The van der Waals surface area contributed by atoms with Gasteiger partial charge in [0.15, 0.2) is 0 Å². The van der Waals surface area contributed by atoms with E-state index in [1.165, 1.54) is 12.1 Å². The Morgan fingerprint density at radius 3 is 2.93 bits per heavy atom. The third-order valence-electron chi connectivity index (χ3n) is 2.17. The quantitative estimate of drug-likeness (QED) is 0.781. The van der Waals surface area contributed by atoms with Gasteiger partial charge >= 0.3 is 0 Å². The molecule has 1 N–H and O–H groups in total. The Kier molecular flexibility index (Phi) is 5.12. The Morgan fingerprint density at radius 1 is 1.47 bits per heavy atom. The topological polar surface area (TPSA) is 21.3 Å². The van der Waals surface area contributed by atoms with E-state index in [1.807, 2.05) is 0 Å². The van der Waals surface area contributed by atoms with Crippen LogP contribution in [0.2, 0.25) is 0 Å². The van der Waals surface area contributed by atoms with Gasteiger partial charge in [0.1, 0.15) is 11.6 Å². The maximum atomic E-state index is 12.8. The molecule has 0 saturated heterocycles. The summed E-state index contributed by atoms with van der Waals surface area (Å²) >= 11 is 0. The van der Waals surface area contributed by atoms with E-state index in [0.29, 0.717) is 18.4 Å². The predicted molar refractivity (Wildman–Crippen MR) is 59.7 cm³/mol. The predicted octanol–water partition coefficient (Wildman–Crippen LogP) is 2.59. The number of hydrogen-bond acceptors (Lipinski definition) is 2. The number of hydrogen-bond donors (Lipinski definition) is 1. The van der Waals surface area contributed by atoms with E-state index in [0.717, 1.165) is 13.0 Å². The highest BCUT2D eigenvalue weighted by molar-refractivity contribution is 5.22. The molecule has 0 aliphatic carbocycles. The van der Waals surface area contributed by atoms with Crippen molar-refractivity contribution in [1.82, 2.24) is 5.32 Å². The number of nitrogens with one attached hydrogen (secondary N) is 1. The van der Waals surface area contributed by atoms with Gasteiger partial charge in [-0.05, 0) is 32.0 Å². The standard InChI is InChI=1S/C12H18FNO/c1-3-14-10(2)7-8-15-12-6-4-5-11(13)9-12/h4-6,9-10,14H,3,7-8H2,1-2H3. The Bertz CT molecular complexity index is 291. The van der Waals surface area contributed by atoms with Gasteiger partial charge in [-0.1, -0.05) is 13.0 Å². The normalized spacial score (nSPS) is 12.5. The maximum absolute atomic E-state index is 12.8. The molecular formula is C12H18FNO. The molecule has 3 heteroatoms. The van der Waals surface area contributed by atoms with Crippen molar-refractivity contribution in [2.75, 3.05) is 13.2 Å². The van der Waals surface area contributed by atoms with E-state index in [4.69, 9.17) is 4.74 Å². The molecule has 15 heavy (non-hydrogen) atoms. The van der Waals surface area contributed by atoms with Crippen molar-refractivity contribution in [3.63, 3.8) is 0 Å². The van der Waals surface area contributed by atoms with Gasteiger partial charge in [-0.25, -0.2) is 4.39 Å². The summed E-state index contributed by atoms with van der Waals surface area (Å²) in [4.78, 5) is 0. The summed E-state index contributed by atoms with van der Waals surface area (Å²) in [6, 6.07) is 6.66. The first-order chi connectivity index (χ1) is 7.22. The van der Waals surface area contributed by atoms with E-state index >= 15 is 0 Å². The van der Waals surface area contributed by atoms with Crippen LogP contribution in [0.5, 0.6) is 5.75 Å². The molecule has 0 saturated carbocycles. The molecule has 0 fully saturated rings. The monoisotopic (exact) mass is 211 g/mol. The van der Waals surface area contributed by atoms with Crippen LogP contribution in [0, 0.1) is 5.82 Å². The molecule has 0 aliphatic heterocycles. The highest BCUT2D eigenvalue weighted by Crippen LogP contribution is 2.12. The van der Waals surface area contributed by atoms with E-state index < -0.39 is 0 Å². The smallest absolute Gasteiger partial charge is 0.126 e. The zero-order valence-corrected chi connectivity index (χ0v) is 9.29. The summed E-state index contributed by atoms with van der Waals surface area (Å²) in [5, 5.41) is 3.29. The van der Waals surface area contributed by atoms with Crippen LogP contribution >= 0.6 is 0 Å².